The highest BCUT2D eigenvalue weighted by molar-refractivity contribution is 5.51. The molecule has 0 aromatic carbocycles. The zero-order valence-corrected chi connectivity index (χ0v) is 9.11. The van der Waals surface area contributed by atoms with Gasteiger partial charge < -0.3 is 19.4 Å². The van der Waals surface area contributed by atoms with Gasteiger partial charge in [0, 0.05) is 6.42 Å². The summed E-state index contributed by atoms with van der Waals surface area (Å²) in [5.41, 5.74) is -1.16. The fourth-order valence-corrected chi connectivity index (χ4v) is 1.86. The molecule has 0 aliphatic carbocycles. The Morgan fingerprint density at radius 2 is 2.07 bits per heavy atom. The van der Waals surface area contributed by atoms with Crippen molar-refractivity contribution < 1.29 is 19.4 Å². The van der Waals surface area contributed by atoms with Crippen LogP contribution in [0.1, 0.15) is 34.1 Å². The van der Waals surface area contributed by atoms with Crippen molar-refractivity contribution in [3.05, 3.63) is 0 Å². The maximum atomic E-state index is 10.4. The lowest BCUT2D eigenvalue weighted by atomic mass is 9.92. The fraction of sp³-hybridized carbons (Fsp3) is 0.900. The van der Waals surface area contributed by atoms with Gasteiger partial charge in [0.2, 0.25) is 0 Å². The second-order valence-electron chi connectivity index (χ2n) is 4.49. The van der Waals surface area contributed by atoms with Crippen LogP contribution in [0.2, 0.25) is 0 Å². The summed E-state index contributed by atoms with van der Waals surface area (Å²) < 4.78 is 11.0. The molecule has 1 aliphatic heterocycles. The van der Waals surface area contributed by atoms with E-state index in [1.165, 1.54) is 0 Å². The van der Waals surface area contributed by atoms with Crippen LogP contribution in [0.25, 0.3) is 0 Å². The summed E-state index contributed by atoms with van der Waals surface area (Å²) in [7, 11) is 0. The molecule has 0 saturated carbocycles. The first-order valence-electron chi connectivity index (χ1n) is 4.80. The smallest absolute Gasteiger partial charge is 0.163 e. The lowest BCUT2D eigenvalue weighted by Crippen LogP contribution is -2.45. The number of aldehydes is 1. The molecule has 14 heavy (non-hydrogen) atoms. The summed E-state index contributed by atoms with van der Waals surface area (Å²) in [6.07, 6.45) is 0.0886. The van der Waals surface area contributed by atoms with E-state index in [9.17, 15) is 9.90 Å². The van der Waals surface area contributed by atoms with E-state index >= 15 is 0 Å². The van der Waals surface area contributed by atoms with Crippen LogP contribution in [0, 0.1) is 0 Å². The molecule has 0 spiro atoms. The number of rotatable bonds is 3. The van der Waals surface area contributed by atoms with Gasteiger partial charge in [0.15, 0.2) is 5.79 Å². The highest BCUT2D eigenvalue weighted by Crippen LogP contribution is 2.34. The molecule has 0 aromatic heterocycles. The number of hydrogen-bond acceptors (Lipinski definition) is 4. The second kappa shape index (κ2) is 3.61. The quantitative estimate of drug-likeness (QED) is 0.690. The molecule has 1 fully saturated rings. The van der Waals surface area contributed by atoms with E-state index in [1.54, 1.807) is 20.8 Å². The Kier molecular flexibility index (Phi) is 2.99. The third-order valence-electron chi connectivity index (χ3n) is 2.42. The Hall–Kier alpha value is -0.450. The minimum atomic E-state index is -1.16. The van der Waals surface area contributed by atoms with Crippen LogP contribution in [-0.2, 0) is 14.3 Å². The van der Waals surface area contributed by atoms with E-state index in [0.717, 1.165) is 0 Å². The van der Waals surface area contributed by atoms with Crippen molar-refractivity contribution in [3.8, 4) is 0 Å². The van der Waals surface area contributed by atoms with Gasteiger partial charge in [-0.3, -0.25) is 0 Å². The molecule has 0 bridgehead atoms. The number of hydrogen-bond donors (Lipinski definition) is 1. The van der Waals surface area contributed by atoms with Gasteiger partial charge in [-0.05, 0) is 27.7 Å². The minimum absolute atomic E-state index is 0.0570. The molecular weight excluding hydrogens is 184 g/mol. The first-order valence-corrected chi connectivity index (χ1v) is 4.80. The molecule has 4 nitrogen and oxygen atoms in total. The summed E-state index contributed by atoms with van der Waals surface area (Å²) in [6, 6.07) is 0. The molecule has 1 saturated heterocycles. The summed E-state index contributed by atoms with van der Waals surface area (Å²) in [5.74, 6) is -0.684. The average molecular weight is 202 g/mol. The number of carbonyl (C=O) groups excluding carboxylic acids is 1. The molecule has 1 heterocycles. The molecule has 0 amide bonds. The summed E-state index contributed by atoms with van der Waals surface area (Å²) in [5, 5.41) is 9.98. The predicted octanol–water partition coefficient (Wildman–Crippen LogP) is 0.866. The lowest BCUT2D eigenvalue weighted by molar-refractivity contribution is -0.169. The zero-order valence-electron chi connectivity index (χ0n) is 9.11. The standard InChI is InChI=1S/C10H18O4/c1-7-8(10(4,12)5-6-11)14-9(2,3)13-7/h6-8,12H,5H2,1-4H3/t7?,8?,10-/m0/s1. The van der Waals surface area contributed by atoms with Gasteiger partial charge in [-0.25, -0.2) is 0 Å². The van der Waals surface area contributed by atoms with Gasteiger partial charge in [-0.15, -0.1) is 0 Å². The molecule has 1 rings (SSSR count). The molecule has 82 valence electrons. The average Bonchev–Trinajstić information content (AvgIpc) is 2.25. The fourth-order valence-electron chi connectivity index (χ4n) is 1.86. The van der Waals surface area contributed by atoms with Gasteiger partial charge in [0.25, 0.3) is 0 Å². The van der Waals surface area contributed by atoms with E-state index in [1.807, 2.05) is 6.92 Å². The normalized spacial score (nSPS) is 35.2. The van der Waals surface area contributed by atoms with Crippen molar-refractivity contribution in [1.82, 2.24) is 0 Å². The Morgan fingerprint density at radius 3 is 2.43 bits per heavy atom. The topological polar surface area (TPSA) is 55.8 Å². The summed E-state index contributed by atoms with van der Waals surface area (Å²) >= 11 is 0. The van der Waals surface area contributed by atoms with Crippen molar-refractivity contribution in [1.29, 1.82) is 0 Å². The predicted molar refractivity (Wildman–Crippen MR) is 50.8 cm³/mol. The number of aliphatic hydroxyl groups is 1. The van der Waals surface area contributed by atoms with Gasteiger partial charge >= 0.3 is 0 Å². The van der Waals surface area contributed by atoms with E-state index in [4.69, 9.17) is 9.47 Å². The molecule has 1 N–H and O–H groups in total. The van der Waals surface area contributed by atoms with Crippen LogP contribution in [-0.4, -0.2) is 35.0 Å². The minimum Gasteiger partial charge on any atom is -0.387 e. The van der Waals surface area contributed by atoms with Gasteiger partial charge in [-0.2, -0.15) is 0 Å². The Bertz CT molecular complexity index is 222. The van der Waals surface area contributed by atoms with Gasteiger partial charge in [0.05, 0.1) is 11.7 Å². The Morgan fingerprint density at radius 1 is 1.50 bits per heavy atom. The highest BCUT2D eigenvalue weighted by Gasteiger charge is 2.47. The number of ether oxygens (including phenoxy) is 2. The third kappa shape index (κ3) is 2.32. The molecule has 1 aliphatic rings. The van der Waals surface area contributed by atoms with E-state index in [-0.39, 0.29) is 12.5 Å². The molecular formula is C10H18O4. The van der Waals surface area contributed by atoms with Crippen molar-refractivity contribution in [2.75, 3.05) is 0 Å². The van der Waals surface area contributed by atoms with Crippen LogP contribution < -0.4 is 0 Å². The SMILES string of the molecule is CC1OC(C)(C)OC1[C@@](C)(O)CC=O. The molecule has 0 aromatic rings. The molecule has 2 unspecified atom stereocenters. The lowest BCUT2D eigenvalue weighted by Gasteiger charge is -2.29. The Labute approximate surface area is 84.2 Å². The van der Waals surface area contributed by atoms with Gasteiger partial charge in [-0.1, -0.05) is 0 Å². The van der Waals surface area contributed by atoms with Crippen molar-refractivity contribution >= 4 is 6.29 Å². The number of carbonyl (C=O) groups is 1. The molecule has 4 heteroatoms. The van der Waals surface area contributed by atoms with E-state index in [2.05, 4.69) is 0 Å². The van der Waals surface area contributed by atoms with Crippen molar-refractivity contribution in [2.45, 2.75) is 57.7 Å². The van der Waals surface area contributed by atoms with Crippen LogP contribution in [0.5, 0.6) is 0 Å². The molecule has 0 radical (unpaired) electrons. The second-order valence-corrected chi connectivity index (χ2v) is 4.49. The van der Waals surface area contributed by atoms with Crippen LogP contribution in [0.3, 0.4) is 0 Å². The summed E-state index contributed by atoms with van der Waals surface area (Å²) in [6.45, 7) is 7.01. The first kappa shape index (κ1) is 11.6. The first-order chi connectivity index (χ1) is 6.28. The maximum Gasteiger partial charge on any atom is 0.163 e. The highest BCUT2D eigenvalue weighted by atomic mass is 16.8. The van der Waals surface area contributed by atoms with E-state index < -0.39 is 17.5 Å². The monoisotopic (exact) mass is 202 g/mol. The zero-order chi connectivity index (χ0) is 11.0. The third-order valence-corrected chi connectivity index (χ3v) is 2.42. The van der Waals surface area contributed by atoms with Crippen molar-refractivity contribution in [3.63, 3.8) is 0 Å². The van der Waals surface area contributed by atoms with Crippen LogP contribution in [0.4, 0.5) is 0 Å². The van der Waals surface area contributed by atoms with Crippen molar-refractivity contribution in [2.24, 2.45) is 0 Å². The van der Waals surface area contributed by atoms with Gasteiger partial charge in [0.1, 0.15) is 12.4 Å². The Balaban J connectivity index is 2.74. The largest absolute Gasteiger partial charge is 0.387 e. The van der Waals surface area contributed by atoms with Crippen LogP contribution >= 0.6 is 0 Å². The van der Waals surface area contributed by atoms with E-state index in [0.29, 0.717) is 6.29 Å². The maximum absolute atomic E-state index is 10.4. The molecule has 3 atom stereocenters. The van der Waals surface area contributed by atoms with Crippen LogP contribution in [0.15, 0.2) is 0 Å². The summed E-state index contributed by atoms with van der Waals surface area (Å²) in [4.78, 5) is 10.4.